The summed E-state index contributed by atoms with van der Waals surface area (Å²) in [5.74, 6) is -0.283. The lowest BCUT2D eigenvalue weighted by molar-refractivity contribution is 0.0911. The van der Waals surface area contributed by atoms with Crippen molar-refractivity contribution in [2.75, 3.05) is 0 Å². The quantitative estimate of drug-likeness (QED) is 0.868. The van der Waals surface area contributed by atoms with Gasteiger partial charge in [-0.05, 0) is 25.3 Å². The van der Waals surface area contributed by atoms with E-state index < -0.39 is 0 Å². The van der Waals surface area contributed by atoms with E-state index in [0.717, 1.165) is 19.3 Å². The number of hydrogen-bond donors (Lipinski definition) is 1. The third-order valence-corrected chi connectivity index (χ3v) is 2.85. The fourth-order valence-electron chi connectivity index (χ4n) is 1.31. The number of nitrogens with zero attached hydrogens (tertiary/aromatic N) is 2. The van der Waals surface area contributed by atoms with Gasteiger partial charge in [-0.1, -0.05) is 23.2 Å². The van der Waals surface area contributed by atoms with Crippen molar-refractivity contribution in [1.82, 2.24) is 15.5 Å². The second-order valence-corrected chi connectivity index (χ2v) is 4.26. The molecule has 0 aromatic carbocycles. The summed E-state index contributed by atoms with van der Waals surface area (Å²) in [6, 6.07) is 1.66. The molecular weight excluding hydrogens is 237 g/mol. The van der Waals surface area contributed by atoms with Gasteiger partial charge in [0.1, 0.15) is 0 Å². The lowest BCUT2D eigenvalue weighted by atomic mass is 9.93. The summed E-state index contributed by atoms with van der Waals surface area (Å²) in [5.41, 5.74) is 0.132. The highest BCUT2D eigenvalue weighted by atomic mass is 35.5. The maximum atomic E-state index is 11.6. The molecule has 80 valence electrons. The number of hydrogen-bond acceptors (Lipinski definition) is 3. The summed E-state index contributed by atoms with van der Waals surface area (Å²) >= 11 is 11.4. The molecule has 0 atom stereocenters. The summed E-state index contributed by atoms with van der Waals surface area (Å²) in [7, 11) is 0. The average molecular weight is 246 g/mol. The van der Waals surface area contributed by atoms with Crippen molar-refractivity contribution in [2.24, 2.45) is 0 Å². The number of nitrogens with one attached hydrogen (secondary N) is 1. The van der Waals surface area contributed by atoms with Crippen LogP contribution in [-0.4, -0.2) is 22.1 Å². The van der Waals surface area contributed by atoms with Gasteiger partial charge >= 0.3 is 0 Å². The zero-order valence-corrected chi connectivity index (χ0v) is 9.35. The van der Waals surface area contributed by atoms with Crippen molar-refractivity contribution >= 4 is 29.1 Å². The molecule has 1 saturated carbocycles. The van der Waals surface area contributed by atoms with Crippen molar-refractivity contribution in [3.8, 4) is 0 Å². The maximum absolute atomic E-state index is 11.6. The van der Waals surface area contributed by atoms with E-state index in [1.807, 2.05) is 0 Å². The van der Waals surface area contributed by atoms with E-state index in [9.17, 15) is 4.79 Å². The molecule has 0 aliphatic heterocycles. The molecule has 1 heterocycles. The van der Waals surface area contributed by atoms with Gasteiger partial charge in [-0.15, -0.1) is 10.2 Å². The molecule has 6 heteroatoms. The first-order valence-electron chi connectivity index (χ1n) is 4.66. The molecule has 0 saturated heterocycles. The first kappa shape index (κ1) is 10.6. The zero-order chi connectivity index (χ0) is 10.8. The molecule has 1 aromatic rings. The Labute approximate surface area is 97.0 Å². The minimum atomic E-state index is -0.283. The third kappa shape index (κ3) is 2.38. The Kier molecular flexibility index (Phi) is 3.07. The smallest absolute Gasteiger partial charge is 0.273 e. The van der Waals surface area contributed by atoms with Crippen LogP contribution in [0.3, 0.4) is 0 Å². The second kappa shape index (κ2) is 4.33. The van der Waals surface area contributed by atoms with E-state index in [1.165, 1.54) is 6.07 Å². The molecule has 1 aliphatic rings. The summed E-state index contributed by atoms with van der Waals surface area (Å²) < 4.78 is 0. The molecule has 0 radical (unpaired) electrons. The van der Waals surface area contributed by atoms with E-state index in [4.69, 9.17) is 23.2 Å². The number of rotatable bonds is 2. The predicted octanol–water partition coefficient (Wildman–Crippen LogP) is 2.07. The number of halogens is 2. The molecule has 0 spiro atoms. The molecule has 1 fully saturated rings. The average Bonchev–Trinajstić information content (AvgIpc) is 2.11. The second-order valence-electron chi connectivity index (χ2n) is 3.46. The van der Waals surface area contributed by atoms with Crippen molar-refractivity contribution in [2.45, 2.75) is 25.3 Å². The standard InChI is InChI=1S/C9H9Cl2N3O/c10-6-4-7(11)13-14-8(6)9(15)12-5-2-1-3-5/h4-5H,1-3H2,(H,12,15). The Morgan fingerprint density at radius 2 is 2.13 bits per heavy atom. The predicted molar refractivity (Wildman–Crippen MR) is 57.2 cm³/mol. The van der Waals surface area contributed by atoms with E-state index >= 15 is 0 Å². The van der Waals surface area contributed by atoms with E-state index in [-0.39, 0.29) is 27.8 Å². The Hall–Kier alpha value is -0.870. The Morgan fingerprint density at radius 3 is 2.67 bits per heavy atom. The van der Waals surface area contributed by atoms with Gasteiger partial charge in [0.05, 0.1) is 5.02 Å². The molecule has 1 aliphatic carbocycles. The Bertz CT molecular complexity index is 393. The minimum absolute atomic E-state index is 0.132. The minimum Gasteiger partial charge on any atom is -0.348 e. The lowest BCUT2D eigenvalue weighted by Gasteiger charge is -2.26. The van der Waals surface area contributed by atoms with Gasteiger partial charge in [0.25, 0.3) is 5.91 Å². The van der Waals surface area contributed by atoms with Crippen LogP contribution in [0, 0.1) is 0 Å². The van der Waals surface area contributed by atoms with E-state index in [0.29, 0.717) is 0 Å². The van der Waals surface area contributed by atoms with E-state index in [1.54, 1.807) is 0 Å². The highest BCUT2D eigenvalue weighted by Gasteiger charge is 2.22. The first-order valence-corrected chi connectivity index (χ1v) is 5.42. The Balaban J connectivity index is 2.10. The highest BCUT2D eigenvalue weighted by Crippen LogP contribution is 2.20. The van der Waals surface area contributed by atoms with Gasteiger partial charge in [-0.25, -0.2) is 0 Å². The lowest BCUT2D eigenvalue weighted by Crippen LogP contribution is -2.40. The topological polar surface area (TPSA) is 54.9 Å². The van der Waals surface area contributed by atoms with Crippen LogP contribution in [-0.2, 0) is 0 Å². The molecule has 1 N–H and O–H groups in total. The van der Waals surface area contributed by atoms with Crippen LogP contribution in [0.2, 0.25) is 10.2 Å². The molecule has 15 heavy (non-hydrogen) atoms. The summed E-state index contributed by atoms with van der Waals surface area (Å²) in [6.07, 6.45) is 3.19. The van der Waals surface area contributed by atoms with Crippen LogP contribution >= 0.6 is 23.2 Å². The molecule has 0 unspecified atom stereocenters. The first-order chi connectivity index (χ1) is 7.16. The molecule has 1 aromatic heterocycles. The van der Waals surface area contributed by atoms with Gasteiger partial charge in [0.2, 0.25) is 0 Å². The molecular formula is C9H9Cl2N3O. The van der Waals surface area contributed by atoms with Crippen LogP contribution in [0.4, 0.5) is 0 Å². The van der Waals surface area contributed by atoms with Crippen molar-refractivity contribution in [3.63, 3.8) is 0 Å². The van der Waals surface area contributed by atoms with Gasteiger partial charge in [-0.2, -0.15) is 0 Å². The third-order valence-electron chi connectivity index (χ3n) is 2.37. The van der Waals surface area contributed by atoms with Crippen LogP contribution in [0.15, 0.2) is 6.07 Å². The fraction of sp³-hybridized carbons (Fsp3) is 0.444. The molecule has 4 nitrogen and oxygen atoms in total. The van der Waals surface area contributed by atoms with Crippen LogP contribution in [0.1, 0.15) is 29.8 Å². The van der Waals surface area contributed by atoms with Crippen LogP contribution in [0.5, 0.6) is 0 Å². The van der Waals surface area contributed by atoms with Crippen molar-refractivity contribution in [3.05, 3.63) is 21.9 Å². The zero-order valence-electron chi connectivity index (χ0n) is 7.83. The SMILES string of the molecule is O=C(NC1CCC1)c1nnc(Cl)cc1Cl. The highest BCUT2D eigenvalue weighted by molar-refractivity contribution is 6.35. The Morgan fingerprint density at radius 1 is 1.40 bits per heavy atom. The number of aromatic nitrogens is 2. The molecule has 0 bridgehead atoms. The van der Waals surface area contributed by atoms with Gasteiger partial charge in [-0.3, -0.25) is 4.79 Å². The molecule has 2 rings (SSSR count). The van der Waals surface area contributed by atoms with E-state index in [2.05, 4.69) is 15.5 Å². The maximum Gasteiger partial charge on any atom is 0.273 e. The van der Waals surface area contributed by atoms with Crippen LogP contribution < -0.4 is 5.32 Å². The number of amides is 1. The normalized spacial score (nSPS) is 15.9. The largest absolute Gasteiger partial charge is 0.348 e. The van der Waals surface area contributed by atoms with Gasteiger partial charge < -0.3 is 5.32 Å². The van der Waals surface area contributed by atoms with Crippen molar-refractivity contribution < 1.29 is 4.79 Å². The molecule has 1 amide bonds. The van der Waals surface area contributed by atoms with Crippen molar-refractivity contribution in [1.29, 1.82) is 0 Å². The monoisotopic (exact) mass is 245 g/mol. The van der Waals surface area contributed by atoms with Crippen LogP contribution in [0.25, 0.3) is 0 Å². The summed E-state index contributed by atoms with van der Waals surface area (Å²) in [5, 5.41) is 10.5. The summed E-state index contributed by atoms with van der Waals surface area (Å²) in [4.78, 5) is 11.6. The number of carbonyl (C=O) groups excluding carboxylic acids is 1. The fourth-order valence-corrected chi connectivity index (χ4v) is 1.74. The number of carbonyl (C=O) groups is 1. The van der Waals surface area contributed by atoms with Gasteiger partial charge in [0.15, 0.2) is 10.8 Å². The summed E-state index contributed by atoms with van der Waals surface area (Å²) in [6.45, 7) is 0. The van der Waals surface area contributed by atoms with Gasteiger partial charge in [0, 0.05) is 6.04 Å².